The predicted octanol–water partition coefficient (Wildman–Crippen LogP) is 2.24. The van der Waals surface area contributed by atoms with Crippen molar-refractivity contribution in [3.63, 3.8) is 0 Å². The van der Waals surface area contributed by atoms with Gasteiger partial charge in [-0.1, -0.05) is 25.1 Å². The van der Waals surface area contributed by atoms with Crippen LogP contribution in [0.3, 0.4) is 0 Å². The Morgan fingerprint density at radius 3 is 2.60 bits per heavy atom. The summed E-state index contributed by atoms with van der Waals surface area (Å²) in [4.78, 5) is 0. The minimum Gasteiger partial charge on any atom is -0.335 e. The van der Waals surface area contributed by atoms with Crippen LogP contribution in [0.25, 0.3) is 0 Å². The average molecular weight is 259 g/mol. The third kappa shape index (κ3) is 3.83. The van der Waals surface area contributed by atoms with E-state index in [9.17, 15) is 8.78 Å². The standard InChI is InChI=1S/C7H12F2N4S.ClH/c1-2-3-4-14-7-12-11-6(5(8)9)13(7)10;/h5H,2-4,10H2,1H3;1H. The van der Waals surface area contributed by atoms with Gasteiger partial charge in [-0.15, -0.1) is 22.6 Å². The molecule has 0 unspecified atom stereocenters. The van der Waals surface area contributed by atoms with E-state index in [1.807, 2.05) is 0 Å². The SMILES string of the molecule is CCCCSc1nnc(C(F)F)n1N.Cl. The second-order valence-corrected chi connectivity index (χ2v) is 3.78. The van der Waals surface area contributed by atoms with Crippen molar-refractivity contribution in [2.24, 2.45) is 0 Å². The molecule has 0 aromatic carbocycles. The first-order valence-corrected chi connectivity index (χ1v) is 5.26. The molecule has 15 heavy (non-hydrogen) atoms. The second-order valence-electron chi connectivity index (χ2n) is 2.71. The lowest BCUT2D eigenvalue weighted by Gasteiger charge is -2.01. The van der Waals surface area contributed by atoms with Crippen molar-refractivity contribution in [2.45, 2.75) is 31.3 Å². The molecule has 0 saturated carbocycles. The van der Waals surface area contributed by atoms with Crippen LogP contribution < -0.4 is 5.84 Å². The molecule has 1 aromatic heterocycles. The molecule has 0 fully saturated rings. The number of hydrogen-bond acceptors (Lipinski definition) is 4. The molecule has 4 nitrogen and oxygen atoms in total. The molecule has 88 valence electrons. The van der Waals surface area contributed by atoms with E-state index in [1.165, 1.54) is 11.8 Å². The number of unbranched alkanes of at least 4 members (excludes halogenated alkanes) is 1. The van der Waals surface area contributed by atoms with Crippen LogP contribution in [-0.4, -0.2) is 20.6 Å². The third-order valence-electron chi connectivity index (χ3n) is 1.62. The summed E-state index contributed by atoms with van der Waals surface area (Å²) >= 11 is 1.34. The zero-order chi connectivity index (χ0) is 10.6. The number of halogens is 3. The fourth-order valence-corrected chi connectivity index (χ4v) is 1.79. The molecular weight excluding hydrogens is 246 g/mol. The number of thioether (sulfide) groups is 1. The molecule has 0 aliphatic rings. The number of hydrogen-bond donors (Lipinski definition) is 1. The minimum atomic E-state index is -2.67. The van der Waals surface area contributed by atoms with Gasteiger partial charge in [0.2, 0.25) is 11.0 Å². The van der Waals surface area contributed by atoms with Gasteiger partial charge in [-0.2, -0.15) is 0 Å². The van der Waals surface area contributed by atoms with Crippen LogP contribution in [0.2, 0.25) is 0 Å². The first-order valence-electron chi connectivity index (χ1n) is 4.28. The molecule has 0 bridgehead atoms. The molecule has 0 atom stereocenters. The maximum Gasteiger partial charge on any atom is 0.299 e. The third-order valence-corrected chi connectivity index (χ3v) is 2.64. The number of nitrogens with two attached hydrogens (primary N) is 1. The summed E-state index contributed by atoms with van der Waals surface area (Å²) in [6, 6.07) is 0. The summed E-state index contributed by atoms with van der Waals surface area (Å²) in [6.07, 6.45) is -0.623. The van der Waals surface area contributed by atoms with Crippen molar-refractivity contribution in [3.8, 4) is 0 Å². The van der Waals surface area contributed by atoms with Gasteiger partial charge in [0.1, 0.15) is 0 Å². The Bertz CT molecular complexity index is 295. The molecule has 1 heterocycles. The fraction of sp³-hybridized carbons (Fsp3) is 0.714. The summed E-state index contributed by atoms with van der Waals surface area (Å²) in [5, 5.41) is 7.23. The van der Waals surface area contributed by atoms with E-state index in [0.29, 0.717) is 5.16 Å². The zero-order valence-corrected chi connectivity index (χ0v) is 9.82. The number of nitrogens with zero attached hydrogens (tertiary/aromatic N) is 3. The summed E-state index contributed by atoms with van der Waals surface area (Å²) in [5.74, 6) is 5.71. The Labute approximate surface area is 97.0 Å². The minimum absolute atomic E-state index is 0. The van der Waals surface area contributed by atoms with E-state index in [-0.39, 0.29) is 12.4 Å². The highest BCUT2D eigenvalue weighted by Gasteiger charge is 2.18. The topological polar surface area (TPSA) is 56.7 Å². The maximum absolute atomic E-state index is 12.2. The molecule has 0 spiro atoms. The van der Waals surface area contributed by atoms with Crippen molar-refractivity contribution < 1.29 is 8.78 Å². The van der Waals surface area contributed by atoms with Crippen LogP contribution in [0.4, 0.5) is 8.78 Å². The lowest BCUT2D eigenvalue weighted by molar-refractivity contribution is 0.136. The number of alkyl halides is 2. The van der Waals surface area contributed by atoms with Crippen LogP contribution in [0.5, 0.6) is 0 Å². The summed E-state index contributed by atoms with van der Waals surface area (Å²) < 4.78 is 25.3. The van der Waals surface area contributed by atoms with E-state index in [1.54, 1.807) is 0 Å². The lowest BCUT2D eigenvalue weighted by atomic mass is 10.4. The molecule has 0 aliphatic carbocycles. The molecular formula is C7H13ClF2N4S. The van der Waals surface area contributed by atoms with Crippen molar-refractivity contribution in [2.75, 3.05) is 11.6 Å². The maximum atomic E-state index is 12.2. The van der Waals surface area contributed by atoms with Gasteiger partial charge in [-0.25, -0.2) is 13.5 Å². The Balaban J connectivity index is 0.00000196. The normalized spacial score (nSPS) is 10.4. The van der Waals surface area contributed by atoms with E-state index in [4.69, 9.17) is 5.84 Å². The highest BCUT2D eigenvalue weighted by atomic mass is 35.5. The van der Waals surface area contributed by atoms with Crippen molar-refractivity contribution in [1.29, 1.82) is 0 Å². The van der Waals surface area contributed by atoms with Gasteiger partial charge < -0.3 is 5.84 Å². The largest absolute Gasteiger partial charge is 0.335 e. The molecule has 0 radical (unpaired) electrons. The van der Waals surface area contributed by atoms with Crippen LogP contribution >= 0.6 is 24.2 Å². The Morgan fingerprint density at radius 2 is 2.13 bits per heavy atom. The van der Waals surface area contributed by atoms with Crippen LogP contribution in [0.15, 0.2) is 5.16 Å². The summed E-state index contributed by atoms with van der Waals surface area (Å²) in [7, 11) is 0. The highest BCUT2D eigenvalue weighted by Crippen LogP contribution is 2.21. The summed E-state index contributed by atoms with van der Waals surface area (Å²) in [6.45, 7) is 2.05. The monoisotopic (exact) mass is 258 g/mol. The Morgan fingerprint density at radius 1 is 1.47 bits per heavy atom. The van der Waals surface area contributed by atoms with Gasteiger partial charge in [-0.3, -0.25) is 0 Å². The van der Waals surface area contributed by atoms with Crippen molar-refractivity contribution in [1.82, 2.24) is 14.9 Å². The molecule has 1 aromatic rings. The van der Waals surface area contributed by atoms with Gasteiger partial charge in [0.25, 0.3) is 6.43 Å². The van der Waals surface area contributed by atoms with Crippen molar-refractivity contribution in [3.05, 3.63) is 5.82 Å². The van der Waals surface area contributed by atoms with E-state index in [2.05, 4.69) is 17.1 Å². The smallest absolute Gasteiger partial charge is 0.299 e. The highest BCUT2D eigenvalue weighted by molar-refractivity contribution is 7.99. The molecule has 2 N–H and O–H groups in total. The van der Waals surface area contributed by atoms with Crippen LogP contribution in [0, 0.1) is 0 Å². The summed E-state index contributed by atoms with van der Waals surface area (Å²) in [5.41, 5.74) is 0. The molecule has 0 amide bonds. The first-order chi connectivity index (χ1) is 6.66. The van der Waals surface area contributed by atoms with E-state index in [0.717, 1.165) is 23.3 Å². The molecule has 0 saturated heterocycles. The van der Waals surface area contributed by atoms with Crippen LogP contribution in [0.1, 0.15) is 32.0 Å². The average Bonchev–Trinajstić information content (AvgIpc) is 2.48. The Kier molecular flexibility index (Phi) is 6.58. The van der Waals surface area contributed by atoms with Gasteiger partial charge >= 0.3 is 0 Å². The predicted molar refractivity (Wildman–Crippen MR) is 58.0 cm³/mol. The zero-order valence-electron chi connectivity index (χ0n) is 8.19. The Hall–Kier alpha value is -0.560. The van der Waals surface area contributed by atoms with Gasteiger partial charge in [0.05, 0.1) is 0 Å². The fourth-order valence-electron chi connectivity index (χ4n) is 0.843. The lowest BCUT2D eigenvalue weighted by Crippen LogP contribution is -2.14. The first kappa shape index (κ1) is 14.4. The van der Waals surface area contributed by atoms with Crippen LogP contribution in [-0.2, 0) is 0 Å². The number of aromatic nitrogens is 3. The molecule has 0 aliphatic heterocycles. The number of rotatable bonds is 5. The van der Waals surface area contributed by atoms with Gasteiger partial charge in [0, 0.05) is 5.75 Å². The quantitative estimate of drug-likeness (QED) is 0.500. The van der Waals surface area contributed by atoms with Gasteiger partial charge in [0.15, 0.2) is 0 Å². The van der Waals surface area contributed by atoms with E-state index >= 15 is 0 Å². The van der Waals surface area contributed by atoms with Gasteiger partial charge in [-0.05, 0) is 6.42 Å². The molecule has 8 heteroatoms. The number of nitrogen functional groups attached to an aromatic ring is 1. The second kappa shape index (κ2) is 6.84. The van der Waals surface area contributed by atoms with Crippen molar-refractivity contribution >= 4 is 24.2 Å². The van der Waals surface area contributed by atoms with E-state index < -0.39 is 12.2 Å². The molecule has 1 rings (SSSR count).